The highest BCUT2D eigenvalue weighted by molar-refractivity contribution is 4.91. The first-order chi connectivity index (χ1) is 7.40. The Morgan fingerprint density at radius 3 is 2.80 bits per heavy atom. The van der Waals surface area contributed by atoms with Crippen molar-refractivity contribution in [3.63, 3.8) is 0 Å². The number of rotatable bonds is 7. The van der Waals surface area contributed by atoms with Gasteiger partial charge in [0.1, 0.15) is 0 Å². The van der Waals surface area contributed by atoms with Crippen LogP contribution in [0.5, 0.6) is 0 Å². The number of hydrogen-bond donors (Lipinski definition) is 1. The number of piperidine rings is 1. The summed E-state index contributed by atoms with van der Waals surface area (Å²) in [5.41, 5.74) is 0. The van der Waals surface area contributed by atoms with E-state index in [1.165, 1.54) is 64.7 Å². The van der Waals surface area contributed by atoms with Gasteiger partial charge in [-0.2, -0.15) is 0 Å². The zero-order chi connectivity index (χ0) is 10.5. The molecular formula is C13H26N2. The Morgan fingerprint density at radius 1 is 1.20 bits per heavy atom. The van der Waals surface area contributed by atoms with E-state index in [0.29, 0.717) is 0 Å². The molecule has 88 valence electrons. The Morgan fingerprint density at radius 2 is 2.13 bits per heavy atom. The van der Waals surface area contributed by atoms with Gasteiger partial charge in [-0.3, -0.25) is 0 Å². The van der Waals surface area contributed by atoms with Gasteiger partial charge in [0.2, 0.25) is 0 Å². The standard InChI is InChI=1S/C13H26N2/c1-2-7-14-8-3-4-9-15-11-12-5-6-13(15)10-12/h12-14H,2-11H2,1H3. The van der Waals surface area contributed by atoms with Crippen molar-refractivity contribution in [3.8, 4) is 0 Å². The van der Waals surface area contributed by atoms with E-state index in [9.17, 15) is 0 Å². The lowest BCUT2D eigenvalue weighted by molar-refractivity contribution is 0.209. The van der Waals surface area contributed by atoms with Crippen LogP contribution in [0.2, 0.25) is 0 Å². The van der Waals surface area contributed by atoms with Crippen LogP contribution in [0.25, 0.3) is 0 Å². The first-order valence-electron chi connectivity index (χ1n) is 6.85. The molecule has 2 atom stereocenters. The van der Waals surface area contributed by atoms with Gasteiger partial charge in [0.15, 0.2) is 0 Å². The molecule has 2 heteroatoms. The maximum Gasteiger partial charge on any atom is 0.00985 e. The third kappa shape index (κ3) is 3.18. The van der Waals surface area contributed by atoms with Crippen molar-refractivity contribution < 1.29 is 0 Å². The third-order valence-electron chi connectivity index (χ3n) is 4.00. The van der Waals surface area contributed by atoms with Crippen LogP contribution in [0.4, 0.5) is 0 Å². The molecule has 2 unspecified atom stereocenters. The Bertz CT molecular complexity index is 181. The van der Waals surface area contributed by atoms with E-state index in [0.717, 1.165) is 12.0 Å². The minimum Gasteiger partial charge on any atom is -0.317 e. The van der Waals surface area contributed by atoms with Crippen molar-refractivity contribution in [2.45, 2.75) is 51.5 Å². The lowest BCUT2D eigenvalue weighted by Crippen LogP contribution is -2.33. The maximum absolute atomic E-state index is 3.48. The van der Waals surface area contributed by atoms with Crippen LogP contribution in [0, 0.1) is 5.92 Å². The fourth-order valence-corrected chi connectivity index (χ4v) is 3.17. The van der Waals surface area contributed by atoms with E-state index >= 15 is 0 Å². The van der Waals surface area contributed by atoms with Crippen molar-refractivity contribution in [1.29, 1.82) is 0 Å². The minimum atomic E-state index is 0.971. The number of nitrogens with one attached hydrogen (secondary N) is 1. The van der Waals surface area contributed by atoms with Gasteiger partial charge >= 0.3 is 0 Å². The van der Waals surface area contributed by atoms with E-state index in [1.807, 2.05) is 0 Å². The molecular weight excluding hydrogens is 184 g/mol. The summed E-state index contributed by atoms with van der Waals surface area (Å²) in [4.78, 5) is 2.74. The molecule has 2 bridgehead atoms. The van der Waals surface area contributed by atoms with Gasteiger partial charge in [0, 0.05) is 12.6 Å². The van der Waals surface area contributed by atoms with Crippen molar-refractivity contribution in [2.24, 2.45) is 5.92 Å². The summed E-state index contributed by atoms with van der Waals surface area (Å²) in [6.07, 6.45) is 8.51. The Hall–Kier alpha value is -0.0800. The number of hydrogen-bond acceptors (Lipinski definition) is 2. The normalized spacial score (nSPS) is 30.2. The summed E-state index contributed by atoms with van der Waals surface area (Å²) in [6, 6.07) is 0.971. The average Bonchev–Trinajstić information content (AvgIpc) is 2.85. The Balaban J connectivity index is 1.48. The molecule has 1 saturated heterocycles. The highest BCUT2D eigenvalue weighted by Crippen LogP contribution is 2.37. The van der Waals surface area contributed by atoms with Gasteiger partial charge in [-0.25, -0.2) is 0 Å². The van der Waals surface area contributed by atoms with Crippen LogP contribution in [-0.2, 0) is 0 Å². The van der Waals surface area contributed by atoms with Gasteiger partial charge in [-0.15, -0.1) is 0 Å². The van der Waals surface area contributed by atoms with Crippen molar-refractivity contribution >= 4 is 0 Å². The predicted molar refractivity (Wildman–Crippen MR) is 65.1 cm³/mol. The molecule has 1 aliphatic heterocycles. The summed E-state index contributed by atoms with van der Waals surface area (Å²) in [5, 5.41) is 3.48. The Labute approximate surface area is 94.4 Å². The van der Waals surface area contributed by atoms with Crippen LogP contribution in [0.1, 0.15) is 45.4 Å². The molecule has 0 aromatic rings. The SMILES string of the molecule is CCCNCCCCN1CC2CCC1C2. The van der Waals surface area contributed by atoms with Gasteiger partial charge in [0.05, 0.1) is 0 Å². The molecule has 2 aliphatic rings. The monoisotopic (exact) mass is 210 g/mol. The summed E-state index contributed by atoms with van der Waals surface area (Å²) in [5.74, 6) is 1.06. The van der Waals surface area contributed by atoms with Crippen molar-refractivity contribution in [3.05, 3.63) is 0 Å². The molecule has 1 heterocycles. The number of unbranched alkanes of at least 4 members (excludes halogenated alkanes) is 1. The van der Waals surface area contributed by atoms with Crippen LogP contribution in [0.15, 0.2) is 0 Å². The summed E-state index contributed by atoms with van der Waals surface area (Å²) in [6.45, 7) is 7.40. The van der Waals surface area contributed by atoms with E-state index < -0.39 is 0 Å². The van der Waals surface area contributed by atoms with Crippen LogP contribution in [0.3, 0.4) is 0 Å². The van der Waals surface area contributed by atoms with E-state index in [4.69, 9.17) is 0 Å². The molecule has 1 N–H and O–H groups in total. The minimum absolute atomic E-state index is 0.971. The van der Waals surface area contributed by atoms with Crippen LogP contribution >= 0.6 is 0 Å². The molecule has 2 nitrogen and oxygen atoms in total. The van der Waals surface area contributed by atoms with Gasteiger partial charge in [0.25, 0.3) is 0 Å². The highest BCUT2D eigenvalue weighted by atomic mass is 15.2. The van der Waals surface area contributed by atoms with Crippen LogP contribution in [-0.4, -0.2) is 37.1 Å². The number of likely N-dealkylation sites (tertiary alicyclic amines) is 1. The van der Waals surface area contributed by atoms with Crippen molar-refractivity contribution in [2.75, 3.05) is 26.2 Å². The quantitative estimate of drug-likeness (QED) is 0.648. The fraction of sp³-hybridized carbons (Fsp3) is 1.00. The molecule has 0 radical (unpaired) electrons. The molecule has 1 aliphatic carbocycles. The molecule has 1 saturated carbocycles. The van der Waals surface area contributed by atoms with E-state index in [1.54, 1.807) is 0 Å². The maximum atomic E-state index is 3.48. The molecule has 0 spiro atoms. The molecule has 2 fully saturated rings. The fourth-order valence-electron chi connectivity index (χ4n) is 3.17. The number of fused-ring (bicyclic) bond motifs is 2. The summed E-state index contributed by atoms with van der Waals surface area (Å²) in [7, 11) is 0. The first-order valence-corrected chi connectivity index (χ1v) is 6.85. The van der Waals surface area contributed by atoms with Crippen LogP contribution < -0.4 is 5.32 Å². The van der Waals surface area contributed by atoms with E-state index in [2.05, 4.69) is 17.1 Å². The molecule has 2 rings (SSSR count). The second-order valence-corrected chi connectivity index (χ2v) is 5.28. The first kappa shape index (κ1) is 11.4. The zero-order valence-electron chi connectivity index (χ0n) is 10.2. The summed E-state index contributed by atoms with van der Waals surface area (Å²) >= 11 is 0. The van der Waals surface area contributed by atoms with Gasteiger partial charge in [-0.05, 0) is 64.1 Å². The van der Waals surface area contributed by atoms with Crippen molar-refractivity contribution in [1.82, 2.24) is 10.2 Å². The smallest absolute Gasteiger partial charge is 0.00985 e. The second kappa shape index (κ2) is 5.86. The lowest BCUT2D eigenvalue weighted by atomic mass is 10.1. The highest BCUT2D eigenvalue weighted by Gasteiger charge is 2.36. The van der Waals surface area contributed by atoms with Gasteiger partial charge < -0.3 is 10.2 Å². The predicted octanol–water partition coefficient (Wildman–Crippen LogP) is 2.25. The second-order valence-electron chi connectivity index (χ2n) is 5.28. The Kier molecular flexibility index (Phi) is 4.45. The lowest BCUT2D eigenvalue weighted by Gasteiger charge is -2.26. The van der Waals surface area contributed by atoms with Gasteiger partial charge in [-0.1, -0.05) is 6.92 Å². The molecule has 0 amide bonds. The third-order valence-corrected chi connectivity index (χ3v) is 4.00. The average molecular weight is 210 g/mol. The zero-order valence-corrected chi connectivity index (χ0v) is 10.2. The number of nitrogens with zero attached hydrogens (tertiary/aromatic N) is 1. The summed E-state index contributed by atoms with van der Waals surface area (Å²) < 4.78 is 0. The largest absolute Gasteiger partial charge is 0.317 e. The molecule has 15 heavy (non-hydrogen) atoms. The van der Waals surface area contributed by atoms with E-state index in [-0.39, 0.29) is 0 Å². The molecule has 0 aromatic carbocycles. The molecule has 0 aromatic heterocycles. The topological polar surface area (TPSA) is 15.3 Å².